The molecule has 1 unspecified atom stereocenters. The van der Waals surface area contributed by atoms with Gasteiger partial charge >= 0.3 is 0 Å². The van der Waals surface area contributed by atoms with Gasteiger partial charge in [0.05, 0.1) is 12.9 Å². The standard InChI is InChI=1S/C13H21N5/c1-3-6-18-8-5-15-13(18)9-16-12(2)10-17-7-4-14-11-17/h4-5,7-8,11-12,16H,3,6,9-10H2,1-2H3. The summed E-state index contributed by atoms with van der Waals surface area (Å²) >= 11 is 0. The first-order valence-electron chi connectivity index (χ1n) is 6.48. The fraction of sp³-hybridized carbons (Fsp3) is 0.538. The second-order valence-corrected chi connectivity index (χ2v) is 4.58. The maximum atomic E-state index is 4.39. The minimum Gasteiger partial charge on any atom is -0.336 e. The van der Waals surface area contributed by atoms with E-state index in [2.05, 4.69) is 38.3 Å². The summed E-state index contributed by atoms with van der Waals surface area (Å²) in [6.45, 7) is 7.12. The molecule has 0 aliphatic rings. The summed E-state index contributed by atoms with van der Waals surface area (Å²) in [5, 5.41) is 3.49. The van der Waals surface area contributed by atoms with Crippen LogP contribution in [0.1, 0.15) is 26.1 Å². The van der Waals surface area contributed by atoms with Crippen LogP contribution in [-0.4, -0.2) is 25.1 Å². The molecule has 2 rings (SSSR count). The third kappa shape index (κ3) is 3.43. The van der Waals surface area contributed by atoms with Gasteiger partial charge in [-0.3, -0.25) is 0 Å². The topological polar surface area (TPSA) is 47.7 Å². The number of aryl methyl sites for hydroxylation is 1. The summed E-state index contributed by atoms with van der Waals surface area (Å²) in [5.74, 6) is 1.11. The van der Waals surface area contributed by atoms with Crippen LogP contribution >= 0.6 is 0 Å². The molecule has 0 fully saturated rings. The largest absolute Gasteiger partial charge is 0.336 e. The van der Waals surface area contributed by atoms with Gasteiger partial charge in [0.2, 0.25) is 0 Å². The van der Waals surface area contributed by atoms with E-state index in [0.717, 1.165) is 31.9 Å². The average molecular weight is 247 g/mol. The number of aromatic nitrogens is 4. The van der Waals surface area contributed by atoms with E-state index < -0.39 is 0 Å². The molecule has 0 spiro atoms. The van der Waals surface area contributed by atoms with Crippen molar-refractivity contribution in [2.24, 2.45) is 0 Å². The predicted molar refractivity (Wildman–Crippen MR) is 71.0 cm³/mol. The molecular formula is C13H21N5. The molecule has 0 saturated heterocycles. The number of rotatable bonds is 7. The summed E-state index contributed by atoms with van der Waals surface area (Å²) in [6, 6.07) is 0.394. The van der Waals surface area contributed by atoms with E-state index >= 15 is 0 Å². The zero-order valence-corrected chi connectivity index (χ0v) is 11.1. The molecule has 0 aromatic carbocycles. The van der Waals surface area contributed by atoms with Gasteiger partial charge in [0.1, 0.15) is 5.82 Å². The Labute approximate surface area is 108 Å². The predicted octanol–water partition coefficient (Wildman–Crippen LogP) is 1.67. The highest BCUT2D eigenvalue weighted by molar-refractivity contribution is 4.92. The lowest BCUT2D eigenvalue weighted by atomic mass is 10.3. The Morgan fingerprint density at radius 1 is 1.33 bits per heavy atom. The zero-order valence-electron chi connectivity index (χ0n) is 11.1. The van der Waals surface area contributed by atoms with Crippen molar-refractivity contribution in [2.75, 3.05) is 0 Å². The van der Waals surface area contributed by atoms with Crippen molar-refractivity contribution in [1.82, 2.24) is 24.4 Å². The van der Waals surface area contributed by atoms with Gasteiger partial charge in [0, 0.05) is 43.9 Å². The fourth-order valence-corrected chi connectivity index (χ4v) is 1.99. The molecule has 1 N–H and O–H groups in total. The molecule has 0 saturated carbocycles. The minimum absolute atomic E-state index is 0.394. The maximum Gasteiger partial charge on any atom is 0.122 e. The average Bonchev–Trinajstić information content (AvgIpc) is 2.99. The van der Waals surface area contributed by atoms with Crippen molar-refractivity contribution in [2.45, 2.75) is 45.9 Å². The summed E-state index contributed by atoms with van der Waals surface area (Å²) < 4.78 is 4.28. The van der Waals surface area contributed by atoms with Gasteiger partial charge in [-0.05, 0) is 13.3 Å². The molecule has 0 aliphatic carbocycles. The lowest BCUT2D eigenvalue weighted by Crippen LogP contribution is -2.30. The second-order valence-electron chi connectivity index (χ2n) is 4.58. The highest BCUT2D eigenvalue weighted by Crippen LogP contribution is 2.00. The summed E-state index contributed by atoms with van der Waals surface area (Å²) in [4.78, 5) is 8.43. The highest BCUT2D eigenvalue weighted by atomic mass is 15.1. The van der Waals surface area contributed by atoms with Crippen LogP contribution < -0.4 is 5.32 Å². The van der Waals surface area contributed by atoms with E-state index in [1.54, 1.807) is 6.20 Å². The molecule has 0 bridgehead atoms. The molecule has 2 aromatic rings. The summed E-state index contributed by atoms with van der Waals surface area (Å²) in [6.07, 6.45) is 10.7. The number of nitrogens with zero attached hydrogens (tertiary/aromatic N) is 4. The van der Waals surface area contributed by atoms with Gasteiger partial charge < -0.3 is 14.5 Å². The summed E-state index contributed by atoms with van der Waals surface area (Å²) in [5.41, 5.74) is 0. The van der Waals surface area contributed by atoms with Crippen molar-refractivity contribution in [3.8, 4) is 0 Å². The Balaban J connectivity index is 1.81. The fourth-order valence-electron chi connectivity index (χ4n) is 1.99. The molecular weight excluding hydrogens is 226 g/mol. The summed E-state index contributed by atoms with van der Waals surface area (Å²) in [7, 11) is 0. The molecule has 0 aliphatic heterocycles. The molecule has 2 heterocycles. The lowest BCUT2D eigenvalue weighted by Gasteiger charge is -2.14. The van der Waals surface area contributed by atoms with Crippen molar-refractivity contribution in [3.05, 3.63) is 36.9 Å². The minimum atomic E-state index is 0.394. The number of nitrogens with one attached hydrogen (secondary N) is 1. The Morgan fingerprint density at radius 3 is 2.94 bits per heavy atom. The molecule has 18 heavy (non-hydrogen) atoms. The molecule has 98 valence electrons. The van der Waals surface area contributed by atoms with Crippen LogP contribution in [0.25, 0.3) is 0 Å². The SMILES string of the molecule is CCCn1ccnc1CNC(C)Cn1ccnc1. The molecule has 0 radical (unpaired) electrons. The van der Waals surface area contributed by atoms with Crippen molar-refractivity contribution in [1.29, 1.82) is 0 Å². The lowest BCUT2D eigenvalue weighted by molar-refractivity contribution is 0.460. The Morgan fingerprint density at radius 2 is 2.22 bits per heavy atom. The van der Waals surface area contributed by atoms with Gasteiger partial charge in [-0.1, -0.05) is 6.92 Å². The van der Waals surface area contributed by atoms with Gasteiger partial charge in [0.25, 0.3) is 0 Å². The monoisotopic (exact) mass is 247 g/mol. The third-order valence-corrected chi connectivity index (χ3v) is 2.92. The zero-order chi connectivity index (χ0) is 12.8. The number of hydrogen-bond donors (Lipinski definition) is 1. The molecule has 5 heteroatoms. The van der Waals surface area contributed by atoms with E-state index in [4.69, 9.17) is 0 Å². The maximum absolute atomic E-state index is 4.39. The van der Waals surface area contributed by atoms with E-state index in [1.165, 1.54) is 0 Å². The Kier molecular flexibility index (Phi) is 4.52. The van der Waals surface area contributed by atoms with E-state index in [1.807, 2.05) is 24.9 Å². The second kappa shape index (κ2) is 6.35. The van der Waals surface area contributed by atoms with Crippen LogP contribution in [0.15, 0.2) is 31.1 Å². The first-order valence-corrected chi connectivity index (χ1v) is 6.48. The highest BCUT2D eigenvalue weighted by Gasteiger charge is 2.05. The van der Waals surface area contributed by atoms with Crippen LogP contribution in [-0.2, 0) is 19.6 Å². The van der Waals surface area contributed by atoms with Crippen LogP contribution in [0.2, 0.25) is 0 Å². The van der Waals surface area contributed by atoms with Gasteiger partial charge in [-0.15, -0.1) is 0 Å². The van der Waals surface area contributed by atoms with Gasteiger partial charge in [-0.25, -0.2) is 9.97 Å². The van der Waals surface area contributed by atoms with Crippen LogP contribution in [0.3, 0.4) is 0 Å². The van der Waals surface area contributed by atoms with E-state index in [9.17, 15) is 0 Å². The van der Waals surface area contributed by atoms with Crippen LogP contribution in [0.4, 0.5) is 0 Å². The quantitative estimate of drug-likeness (QED) is 0.809. The number of hydrogen-bond acceptors (Lipinski definition) is 3. The van der Waals surface area contributed by atoms with Crippen LogP contribution in [0, 0.1) is 0 Å². The first kappa shape index (κ1) is 12.8. The molecule has 1 atom stereocenters. The Bertz CT molecular complexity index is 446. The third-order valence-electron chi connectivity index (χ3n) is 2.92. The van der Waals surface area contributed by atoms with Crippen LogP contribution in [0.5, 0.6) is 0 Å². The van der Waals surface area contributed by atoms with Crippen molar-refractivity contribution in [3.63, 3.8) is 0 Å². The number of imidazole rings is 2. The molecule has 5 nitrogen and oxygen atoms in total. The van der Waals surface area contributed by atoms with E-state index in [0.29, 0.717) is 6.04 Å². The van der Waals surface area contributed by atoms with Gasteiger partial charge in [-0.2, -0.15) is 0 Å². The van der Waals surface area contributed by atoms with E-state index in [-0.39, 0.29) is 0 Å². The normalized spacial score (nSPS) is 12.8. The molecule has 2 aromatic heterocycles. The van der Waals surface area contributed by atoms with Gasteiger partial charge in [0.15, 0.2) is 0 Å². The van der Waals surface area contributed by atoms with Crippen molar-refractivity contribution >= 4 is 0 Å². The van der Waals surface area contributed by atoms with Crippen molar-refractivity contribution < 1.29 is 0 Å². The Hall–Kier alpha value is -1.62. The first-order chi connectivity index (χ1) is 8.79. The molecule has 0 amide bonds. The smallest absolute Gasteiger partial charge is 0.122 e.